The number of amides is 4. The minimum atomic E-state index is -0.807. The smallest absolute Gasteiger partial charge is 0.321 e. The second kappa shape index (κ2) is 10.4. The maximum absolute atomic E-state index is 12.7. The molecule has 9 nitrogen and oxygen atoms in total. The number of urea groups is 1. The van der Waals surface area contributed by atoms with E-state index in [2.05, 4.69) is 10.6 Å². The molecule has 156 valence electrons. The van der Waals surface area contributed by atoms with Crippen LogP contribution in [0.5, 0.6) is 0 Å². The standard InChI is InChI=1S/C20H27N5O4/c1-14(2)11-17(19(27)24(3)13-21)23-18(26)15-5-4-6-16(12-15)22-20(28)25-7-9-29-10-8-25/h4-6,12,14,17H,7-11H2,1-3H3,(H,22,28)(H,23,26). The molecular formula is C20H27N5O4. The average molecular weight is 401 g/mol. The molecule has 1 unspecified atom stereocenters. The van der Waals surface area contributed by atoms with Crippen LogP contribution in [0.3, 0.4) is 0 Å². The first-order valence-electron chi connectivity index (χ1n) is 9.53. The molecule has 0 aromatic heterocycles. The lowest BCUT2D eigenvalue weighted by atomic mass is 10.0. The molecule has 29 heavy (non-hydrogen) atoms. The summed E-state index contributed by atoms with van der Waals surface area (Å²) in [5.74, 6) is -0.764. The molecule has 1 aliphatic rings. The Morgan fingerprint density at radius 1 is 1.28 bits per heavy atom. The van der Waals surface area contributed by atoms with E-state index in [1.165, 1.54) is 7.05 Å². The molecule has 1 fully saturated rings. The van der Waals surface area contributed by atoms with Crippen molar-refractivity contribution in [2.75, 3.05) is 38.7 Å². The van der Waals surface area contributed by atoms with Crippen LogP contribution in [0, 0.1) is 17.4 Å². The van der Waals surface area contributed by atoms with E-state index in [4.69, 9.17) is 10.00 Å². The highest BCUT2D eigenvalue weighted by molar-refractivity contribution is 5.99. The second-order valence-electron chi connectivity index (χ2n) is 7.26. The van der Waals surface area contributed by atoms with E-state index in [1.54, 1.807) is 35.4 Å². The highest BCUT2D eigenvalue weighted by Crippen LogP contribution is 2.14. The molecule has 1 saturated heterocycles. The van der Waals surface area contributed by atoms with Gasteiger partial charge in [-0.05, 0) is 30.5 Å². The number of benzene rings is 1. The highest BCUT2D eigenvalue weighted by atomic mass is 16.5. The van der Waals surface area contributed by atoms with E-state index in [-0.39, 0.29) is 11.9 Å². The van der Waals surface area contributed by atoms with Gasteiger partial charge in [-0.15, -0.1) is 0 Å². The van der Waals surface area contributed by atoms with Crippen LogP contribution in [-0.4, -0.2) is 67.0 Å². The third-order valence-electron chi connectivity index (χ3n) is 4.47. The minimum absolute atomic E-state index is 0.149. The molecule has 1 heterocycles. The van der Waals surface area contributed by atoms with Crippen LogP contribution >= 0.6 is 0 Å². The van der Waals surface area contributed by atoms with Gasteiger partial charge in [-0.1, -0.05) is 19.9 Å². The Balaban J connectivity index is 2.07. The topological polar surface area (TPSA) is 115 Å². The van der Waals surface area contributed by atoms with E-state index in [0.29, 0.717) is 44.0 Å². The second-order valence-corrected chi connectivity index (χ2v) is 7.26. The van der Waals surface area contributed by atoms with E-state index in [9.17, 15) is 14.4 Å². The van der Waals surface area contributed by atoms with Gasteiger partial charge in [0.1, 0.15) is 6.04 Å². The Hall–Kier alpha value is -3.12. The van der Waals surface area contributed by atoms with Crippen molar-refractivity contribution in [2.24, 2.45) is 5.92 Å². The molecule has 0 bridgehead atoms. The van der Waals surface area contributed by atoms with Crippen LogP contribution in [0.15, 0.2) is 24.3 Å². The molecule has 2 rings (SSSR count). The highest BCUT2D eigenvalue weighted by Gasteiger charge is 2.25. The lowest BCUT2D eigenvalue weighted by molar-refractivity contribution is -0.129. The maximum atomic E-state index is 12.7. The number of rotatable bonds is 6. The van der Waals surface area contributed by atoms with E-state index in [1.807, 2.05) is 13.8 Å². The first kappa shape index (κ1) is 22.2. The molecule has 0 spiro atoms. The summed E-state index contributed by atoms with van der Waals surface area (Å²) in [5.41, 5.74) is 0.793. The van der Waals surface area contributed by atoms with Crippen molar-refractivity contribution in [1.29, 1.82) is 5.26 Å². The summed E-state index contributed by atoms with van der Waals surface area (Å²) in [4.78, 5) is 39.9. The fourth-order valence-electron chi connectivity index (χ4n) is 2.92. The van der Waals surface area contributed by atoms with E-state index < -0.39 is 17.9 Å². The summed E-state index contributed by atoms with van der Waals surface area (Å²) >= 11 is 0. The number of carbonyl (C=O) groups excluding carboxylic acids is 3. The van der Waals surface area contributed by atoms with Gasteiger partial charge < -0.3 is 20.3 Å². The van der Waals surface area contributed by atoms with Crippen molar-refractivity contribution in [3.05, 3.63) is 29.8 Å². The van der Waals surface area contributed by atoms with Gasteiger partial charge in [0.15, 0.2) is 6.19 Å². The Kier molecular flexibility index (Phi) is 7.98. The van der Waals surface area contributed by atoms with Crippen molar-refractivity contribution in [2.45, 2.75) is 26.3 Å². The van der Waals surface area contributed by atoms with Gasteiger partial charge in [-0.25, -0.2) is 4.79 Å². The number of morpholine rings is 1. The number of ether oxygens (including phenoxy) is 1. The zero-order valence-electron chi connectivity index (χ0n) is 17.0. The summed E-state index contributed by atoms with van der Waals surface area (Å²) in [5, 5.41) is 14.4. The maximum Gasteiger partial charge on any atom is 0.321 e. The number of nitrogens with zero attached hydrogens (tertiary/aromatic N) is 3. The zero-order valence-corrected chi connectivity index (χ0v) is 17.0. The first-order valence-corrected chi connectivity index (χ1v) is 9.53. The average Bonchev–Trinajstić information content (AvgIpc) is 2.72. The quantitative estimate of drug-likeness (QED) is 0.555. The van der Waals surface area contributed by atoms with Gasteiger partial charge in [-0.3, -0.25) is 14.5 Å². The Labute approximate surface area is 170 Å². The van der Waals surface area contributed by atoms with Crippen molar-refractivity contribution in [3.63, 3.8) is 0 Å². The number of nitrogens with one attached hydrogen (secondary N) is 2. The summed E-state index contributed by atoms with van der Waals surface area (Å²) in [6.45, 7) is 5.88. The van der Waals surface area contributed by atoms with Gasteiger partial charge in [0.05, 0.1) is 13.2 Å². The minimum Gasteiger partial charge on any atom is -0.378 e. The fraction of sp³-hybridized carbons (Fsp3) is 0.500. The van der Waals surface area contributed by atoms with E-state index in [0.717, 1.165) is 4.90 Å². The Morgan fingerprint density at radius 3 is 2.59 bits per heavy atom. The number of carbonyl (C=O) groups is 3. The Morgan fingerprint density at radius 2 is 1.97 bits per heavy atom. The number of hydrogen-bond acceptors (Lipinski definition) is 5. The molecule has 1 aliphatic heterocycles. The largest absolute Gasteiger partial charge is 0.378 e. The summed E-state index contributed by atoms with van der Waals surface area (Å²) in [6.07, 6.45) is 2.17. The summed E-state index contributed by atoms with van der Waals surface area (Å²) in [7, 11) is 1.36. The van der Waals surface area contributed by atoms with Gasteiger partial charge >= 0.3 is 6.03 Å². The van der Waals surface area contributed by atoms with Crippen LogP contribution in [0.1, 0.15) is 30.6 Å². The van der Waals surface area contributed by atoms with Gasteiger partial charge in [0.25, 0.3) is 11.8 Å². The Bertz CT molecular complexity index is 783. The predicted molar refractivity (Wildman–Crippen MR) is 107 cm³/mol. The summed E-state index contributed by atoms with van der Waals surface area (Å²) < 4.78 is 5.23. The van der Waals surface area contributed by atoms with Crippen LogP contribution in [0.25, 0.3) is 0 Å². The number of hydrogen-bond donors (Lipinski definition) is 2. The van der Waals surface area contributed by atoms with Crippen LogP contribution in [-0.2, 0) is 9.53 Å². The van der Waals surface area contributed by atoms with Crippen molar-refractivity contribution in [3.8, 4) is 6.19 Å². The molecular weight excluding hydrogens is 374 g/mol. The third kappa shape index (κ3) is 6.47. The summed E-state index contributed by atoms with van der Waals surface area (Å²) in [6, 6.07) is 5.44. The van der Waals surface area contributed by atoms with E-state index >= 15 is 0 Å². The number of anilines is 1. The van der Waals surface area contributed by atoms with Gasteiger partial charge in [0, 0.05) is 31.4 Å². The molecule has 1 aromatic rings. The number of nitriles is 1. The van der Waals surface area contributed by atoms with Crippen LogP contribution in [0.2, 0.25) is 0 Å². The fourth-order valence-corrected chi connectivity index (χ4v) is 2.92. The predicted octanol–water partition coefficient (Wildman–Crippen LogP) is 1.63. The normalized spacial score (nSPS) is 14.7. The molecule has 9 heteroatoms. The van der Waals surface area contributed by atoms with Gasteiger partial charge in [-0.2, -0.15) is 5.26 Å². The molecule has 0 aliphatic carbocycles. The van der Waals surface area contributed by atoms with Crippen molar-refractivity contribution >= 4 is 23.5 Å². The molecule has 1 aromatic carbocycles. The van der Waals surface area contributed by atoms with Crippen LogP contribution in [0.4, 0.5) is 10.5 Å². The van der Waals surface area contributed by atoms with Gasteiger partial charge in [0.2, 0.25) is 0 Å². The van der Waals surface area contributed by atoms with Crippen LogP contribution < -0.4 is 10.6 Å². The van der Waals surface area contributed by atoms with Crippen molar-refractivity contribution < 1.29 is 19.1 Å². The molecule has 0 radical (unpaired) electrons. The first-order chi connectivity index (χ1) is 13.8. The SMILES string of the molecule is CC(C)CC(NC(=O)c1cccc(NC(=O)N2CCOCC2)c1)C(=O)N(C)C#N. The zero-order chi connectivity index (χ0) is 21.4. The molecule has 0 saturated carbocycles. The lowest BCUT2D eigenvalue weighted by Gasteiger charge is -2.27. The molecule has 1 atom stereocenters. The lowest BCUT2D eigenvalue weighted by Crippen LogP contribution is -2.46. The molecule has 2 N–H and O–H groups in total. The third-order valence-corrected chi connectivity index (χ3v) is 4.47. The number of likely N-dealkylation sites (N-methyl/N-ethyl adjacent to an activating group) is 1. The monoisotopic (exact) mass is 401 g/mol. The van der Waals surface area contributed by atoms with Crippen molar-refractivity contribution in [1.82, 2.24) is 15.1 Å². The molecule has 4 amide bonds.